The molecule has 0 aromatic carbocycles. The molecule has 120 valence electrons. The van der Waals surface area contributed by atoms with Gasteiger partial charge in [-0.05, 0) is 18.3 Å². The molecule has 0 saturated carbocycles. The van der Waals surface area contributed by atoms with Crippen molar-refractivity contribution >= 4 is 23.6 Å². The maximum Gasteiger partial charge on any atom is 0.238 e. The fourth-order valence-electron chi connectivity index (χ4n) is 2.70. The number of nitrogens with one attached hydrogen (secondary N) is 2. The topological polar surface area (TPSA) is 61.4 Å². The van der Waals surface area contributed by atoms with E-state index in [1.165, 1.54) is 0 Å². The van der Waals surface area contributed by atoms with Gasteiger partial charge in [0.05, 0.1) is 6.04 Å². The van der Waals surface area contributed by atoms with Crippen molar-refractivity contribution in [2.24, 2.45) is 5.41 Å². The van der Waals surface area contributed by atoms with Gasteiger partial charge in [0.25, 0.3) is 0 Å². The Bertz CT molecular complexity index is 381. The summed E-state index contributed by atoms with van der Waals surface area (Å²) in [4.78, 5) is 26.2. The largest absolute Gasteiger partial charge is 0.352 e. The lowest BCUT2D eigenvalue weighted by Gasteiger charge is -2.34. The van der Waals surface area contributed by atoms with Gasteiger partial charge in [0.2, 0.25) is 11.8 Å². The molecule has 1 atom stereocenters. The summed E-state index contributed by atoms with van der Waals surface area (Å²) in [7, 11) is 0. The van der Waals surface area contributed by atoms with Crippen molar-refractivity contribution in [3.05, 3.63) is 0 Å². The predicted molar refractivity (Wildman–Crippen MR) is 86.1 cm³/mol. The highest BCUT2D eigenvalue weighted by molar-refractivity contribution is 7.99. The molecule has 1 unspecified atom stereocenters. The Morgan fingerprint density at radius 2 is 1.95 bits per heavy atom. The van der Waals surface area contributed by atoms with E-state index in [0.29, 0.717) is 6.42 Å². The van der Waals surface area contributed by atoms with Crippen LogP contribution >= 0.6 is 11.8 Å². The molecule has 0 spiro atoms. The fraction of sp³-hybridized carbons (Fsp3) is 0.867. The fourth-order valence-corrected chi connectivity index (χ4v) is 3.65. The summed E-state index contributed by atoms with van der Waals surface area (Å²) >= 11 is 1.76. The first-order valence-electron chi connectivity index (χ1n) is 7.74. The minimum atomic E-state index is -0.0458. The molecule has 5 nitrogen and oxygen atoms in total. The molecule has 2 aliphatic rings. The molecule has 0 bridgehead atoms. The summed E-state index contributed by atoms with van der Waals surface area (Å²) in [6.07, 6.45) is 2.32. The van der Waals surface area contributed by atoms with E-state index in [4.69, 9.17) is 0 Å². The first-order valence-corrected chi connectivity index (χ1v) is 8.90. The summed E-state index contributed by atoms with van der Waals surface area (Å²) in [5, 5.41) is 6.30. The van der Waals surface area contributed by atoms with E-state index in [9.17, 15) is 9.59 Å². The molecule has 2 N–H and O–H groups in total. The molecule has 0 aromatic heterocycles. The van der Waals surface area contributed by atoms with Gasteiger partial charge >= 0.3 is 0 Å². The van der Waals surface area contributed by atoms with Crippen molar-refractivity contribution < 1.29 is 9.59 Å². The quantitative estimate of drug-likeness (QED) is 0.822. The minimum Gasteiger partial charge on any atom is -0.352 e. The number of hydrogen-bond donors (Lipinski definition) is 2. The molecule has 2 aliphatic heterocycles. The Kier molecular flexibility index (Phi) is 5.54. The van der Waals surface area contributed by atoms with Gasteiger partial charge in [0.1, 0.15) is 0 Å². The van der Waals surface area contributed by atoms with E-state index < -0.39 is 0 Å². The van der Waals surface area contributed by atoms with Crippen LogP contribution in [0.25, 0.3) is 0 Å². The molecular formula is C15H27N3O2S. The number of likely N-dealkylation sites (tertiary alicyclic amines) is 1. The molecule has 2 heterocycles. The molecule has 0 aromatic rings. The molecule has 0 aliphatic carbocycles. The maximum atomic E-state index is 12.2. The second kappa shape index (κ2) is 7.01. The SMILES string of the molecule is CC(C)(C)CC(=O)N1CCC(NC(=O)C2CSCN2)CC1. The Hall–Kier alpha value is -0.750. The molecule has 2 rings (SSSR count). The molecule has 2 fully saturated rings. The first kappa shape index (κ1) is 16.6. The van der Waals surface area contributed by atoms with Gasteiger partial charge < -0.3 is 10.2 Å². The smallest absolute Gasteiger partial charge is 0.238 e. The van der Waals surface area contributed by atoms with E-state index in [1.807, 2.05) is 4.90 Å². The number of rotatable bonds is 3. The second-order valence-electron chi connectivity index (χ2n) is 7.17. The molecule has 6 heteroatoms. The predicted octanol–water partition coefficient (Wildman–Crippen LogP) is 1.19. The number of hydrogen-bond acceptors (Lipinski definition) is 4. The van der Waals surface area contributed by atoms with Crippen LogP contribution in [0, 0.1) is 5.41 Å². The van der Waals surface area contributed by atoms with Crippen molar-refractivity contribution in [2.75, 3.05) is 24.7 Å². The minimum absolute atomic E-state index is 0.0357. The number of carbonyl (C=O) groups excluding carboxylic acids is 2. The number of carbonyl (C=O) groups is 2. The molecule has 21 heavy (non-hydrogen) atoms. The van der Waals surface area contributed by atoms with Crippen molar-refractivity contribution in [2.45, 2.75) is 52.1 Å². The van der Waals surface area contributed by atoms with Crippen molar-refractivity contribution in [1.29, 1.82) is 0 Å². The summed E-state index contributed by atoms with van der Waals surface area (Å²) in [6, 6.07) is 0.166. The van der Waals surface area contributed by atoms with Gasteiger partial charge in [-0.2, -0.15) is 0 Å². The van der Waals surface area contributed by atoms with Crippen LogP contribution in [0.1, 0.15) is 40.0 Å². The van der Waals surface area contributed by atoms with Crippen LogP contribution in [0.3, 0.4) is 0 Å². The van der Waals surface area contributed by atoms with Gasteiger partial charge in [-0.1, -0.05) is 20.8 Å². The summed E-state index contributed by atoms with van der Waals surface area (Å²) in [5.41, 5.74) is 0.0357. The lowest BCUT2D eigenvalue weighted by molar-refractivity contribution is -0.134. The standard InChI is InChI=1S/C15H27N3O2S/c1-15(2,3)8-13(19)18-6-4-11(5-7-18)17-14(20)12-9-21-10-16-12/h11-12,16H,4-10H2,1-3H3,(H,17,20). The first-order chi connectivity index (χ1) is 9.85. The highest BCUT2D eigenvalue weighted by atomic mass is 32.2. The zero-order valence-electron chi connectivity index (χ0n) is 13.3. The highest BCUT2D eigenvalue weighted by Gasteiger charge is 2.29. The van der Waals surface area contributed by atoms with E-state index in [1.54, 1.807) is 11.8 Å². The van der Waals surface area contributed by atoms with Gasteiger partial charge in [-0.25, -0.2) is 0 Å². The van der Waals surface area contributed by atoms with Crippen molar-refractivity contribution in [3.8, 4) is 0 Å². The molecule has 2 saturated heterocycles. The maximum absolute atomic E-state index is 12.2. The summed E-state index contributed by atoms with van der Waals surface area (Å²) in [5.74, 6) is 2.06. The lowest BCUT2D eigenvalue weighted by Crippen LogP contribution is -2.51. The van der Waals surface area contributed by atoms with E-state index in [2.05, 4.69) is 31.4 Å². The van der Waals surface area contributed by atoms with Gasteiger partial charge in [0, 0.05) is 37.2 Å². The van der Waals surface area contributed by atoms with Crippen LogP contribution in [0.4, 0.5) is 0 Å². The van der Waals surface area contributed by atoms with Crippen LogP contribution in [0.5, 0.6) is 0 Å². The van der Waals surface area contributed by atoms with Crippen molar-refractivity contribution in [3.63, 3.8) is 0 Å². The van der Waals surface area contributed by atoms with Gasteiger partial charge in [-0.15, -0.1) is 11.8 Å². The van der Waals surface area contributed by atoms with Crippen LogP contribution in [-0.4, -0.2) is 53.5 Å². The van der Waals surface area contributed by atoms with Crippen LogP contribution < -0.4 is 10.6 Å². The molecule has 2 amide bonds. The normalized spacial score (nSPS) is 24.1. The van der Waals surface area contributed by atoms with E-state index >= 15 is 0 Å². The zero-order valence-corrected chi connectivity index (χ0v) is 14.1. The highest BCUT2D eigenvalue weighted by Crippen LogP contribution is 2.21. The van der Waals surface area contributed by atoms with Crippen molar-refractivity contribution in [1.82, 2.24) is 15.5 Å². The Labute approximate surface area is 131 Å². The molecule has 0 radical (unpaired) electrons. The van der Waals surface area contributed by atoms with E-state index in [0.717, 1.165) is 37.6 Å². The Morgan fingerprint density at radius 3 is 2.48 bits per heavy atom. The molecular weight excluding hydrogens is 286 g/mol. The number of nitrogens with zero attached hydrogens (tertiary/aromatic N) is 1. The number of piperidine rings is 1. The third kappa shape index (κ3) is 5.18. The van der Waals surface area contributed by atoms with Gasteiger partial charge in [-0.3, -0.25) is 14.9 Å². The Balaban J connectivity index is 1.72. The lowest BCUT2D eigenvalue weighted by atomic mass is 9.91. The zero-order chi connectivity index (χ0) is 15.5. The number of amides is 2. The summed E-state index contributed by atoms with van der Waals surface area (Å²) in [6.45, 7) is 7.78. The van der Waals surface area contributed by atoms with Crippen LogP contribution in [0.15, 0.2) is 0 Å². The van der Waals surface area contributed by atoms with Gasteiger partial charge in [0.15, 0.2) is 0 Å². The monoisotopic (exact) mass is 313 g/mol. The second-order valence-corrected chi connectivity index (χ2v) is 8.20. The Morgan fingerprint density at radius 1 is 1.29 bits per heavy atom. The third-order valence-corrected chi connectivity index (χ3v) is 4.85. The average molecular weight is 313 g/mol. The third-order valence-electron chi connectivity index (χ3n) is 3.91. The number of thioether (sulfide) groups is 1. The van der Waals surface area contributed by atoms with Crippen LogP contribution in [0.2, 0.25) is 0 Å². The van der Waals surface area contributed by atoms with E-state index in [-0.39, 0.29) is 29.3 Å². The average Bonchev–Trinajstić information content (AvgIpc) is 2.91. The van der Waals surface area contributed by atoms with Crippen LogP contribution in [-0.2, 0) is 9.59 Å². The summed E-state index contributed by atoms with van der Waals surface area (Å²) < 4.78 is 0.